The van der Waals surface area contributed by atoms with Crippen LogP contribution in [0.4, 0.5) is 0 Å². The minimum absolute atomic E-state index is 0.106. The summed E-state index contributed by atoms with van der Waals surface area (Å²) in [6, 6.07) is 0. The maximum absolute atomic E-state index is 13.1. The van der Waals surface area contributed by atoms with Crippen LogP contribution in [-0.2, 0) is 65.4 Å². The fourth-order valence-corrected chi connectivity index (χ4v) is 13.3. The van der Waals surface area contributed by atoms with Gasteiger partial charge in [-0.15, -0.1) is 0 Å². The first-order chi connectivity index (χ1) is 46.0. The Morgan fingerprint density at radius 2 is 0.484 bits per heavy atom. The molecule has 0 aromatic rings. The van der Waals surface area contributed by atoms with Crippen LogP contribution in [-0.4, -0.2) is 96.7 Å². The maximum atomic E-state index is 13.1. The Balaban J connectivity index is 5.21. The van der Waals surface area contributed by atoms with Crippen LogP contribution in [0.5, 0.6) is 0 Å². The number of aliphatic hydroxyl groups excluding tert-OH is 1. The number of rotatable bonds is 76. The summed E-state index contributed by atoms with van der Waals surface area (Å²) in [5.74, 6) is -1.36. The van der Waals surface area contributed by atoms with E-state index >= 15 is 0 Å². The van der Waals surface area contributed by atoms with Gasteiger partial charge in [0.25, 0.3) is 0 Å². The fraction of sp³-hybridized carbons (Fsp3) is 0.947. The molecule has 0 aromatic carbocycles. The third-order valence-corrected chi connectivity index (χ3v) is 19.7. The molecule has 0 heterocycles. The van der Waals surface area contributed by atoms with E-state index < -0.39 is 97.5 Å². The molecule has 0 amide bonds. The topological polar surface area (TPSA) is 237 Å². The number of aliphatic hydroxyl groups is 1. The minimum Gasteiger partial charge on any atom is -0.462 e. The average Bonchev–Trinajstić information content (AvgIpc) is 2.53. The van der Waals surface area contributed by atoms with Crippen LogP contribution in [0.25, 0.3) is 0 Å². The first-order valence-corrected chi connectivity index (χ1v) is 42.6. The van der Waals surface area contributed by atoms with E-state index in [0.717, 1.165) is 102 Å². The van der Waals surface area contributed by atoms with Gasteiger partial charge < -0.3 is 33.8 Å². The van der Waals surface area contributed by atoms with Crippen LogP contribution in [0.3, 0.4) is 0 Å². The first-order valence-electron chi connectivity index (χ1n) is 39.6. The van der Waals surface area contributed by atoms with Crippen LogP contribution in [0, 0.1) is 5.92 Å². The summed E-state index contributed by atoms with van der Waals surface area (Å²) in [5, 5.41) is 10.6. The zero-order valence-electron chi connectivity index (χ0n) is 61.8. The largest absolute Gasteiger partial charge is 0.472 e. The van der Waals surface area contributed by atoms with Crippen LogP contribution >= 0.6 is 15.6 Å². The Morgan fingerprint density at radius 3 is 0.716 bits per heavy atom. The molecule has 3 N–H and O–H groups in total. The van der Waals surface area contributed by atoms with Gasteiger partial charge in [-0.05, 0) is 31.6 Å². The van der Waals surface area contributed by atoms with Gasteiger partial charge in [-0.2, -0.15) is 0 Å². The molecular weight excluding hydrogens is 1250 g/mol. The van der Waals surface area contributed by atoms with Crippen LogP contribution < -0.4 is 0 Å². The van der Waals surface area contributed by atoms with Crippen LogP contribution in [0.1, 0.15) is 401 Å². The highest BCUT2D eigenvalue weighted by atomic mass is 31.2. The van der Waals surface area contributed by atoms with Gasteiger partial charge in [0.1, 0.15) is 19.3 Å². The summed E-state index contributed by atoms with van der Waals surface area (Å²) >= 11 is 0. The number of esters is 4. The molecule has 0 saturated carbocycles. The maximum Gasteiger partial charge on any atom is 0.472 e. The highest BCUT2D eigenvalue weighted by molar-refractivity contribution is 7.47. The molecule has 5 atom stereocenters. The molecule has 0 fully saturated rings. The molecule has 0 aromatic heterocycles. The summed E-state index contributed by atoms with van der Waals surface area (Å²) < 4.78 is 68.5. The number of hydrogen-bond donors (Lipinski definition) is 3. The zero-order valence-corrected chi connectivity index (χ0v) is 63.6. The Kier molecular flexibility index (Phi) is 67.7. The highest BCUT2D eigenvalue weighted by Crippen LogP contribution is 2.45. The second-order valence-electron chi connectivity index (χ2n) is 27.9. The Hall–Kier alpha value is -1.94. The molecule has 0 rings (SSSR count). The van der Waals surface area contributed by atoms with E-state index in [1.165, 1.54) is 218 Å². The van der Waals surface area contributed by atoms with Crippen molar-refractivity contribution in [2.75, 3.05) is 39.6 Å². The van der Waals surface area contributed by atoms with Crippen molar-refractivity contribution >= 4 is 39.5 Å². The van der Waals surface area contributed by atoms with Gasteiger partial charge >= 0.3 is 39.5 Å². The summed E-state index contributed by atoms with van der Waals surface area (Å²) in [5.41, 5.74) is 0. The lowest BCUT2D eigenvalue weighted by molar-refractivity contribution is -0.161. The van der Waals surface area contributed by atoms with Crippen molar-refractivity contribution in [2.45, 2.75) is 419 Å². The van der Waals surface area contributed by atoms with Crippen LogP contribution in [0.15, 0.2) is 0 Å². The monoisotopic (exact) mass is 1400 g/mol. The van der Waals surface area contributed by atoms with E-state index in [0.29, 0.717) is 25.7 Å². The van der Waals surface area contributed by atoms with Crippen molar-refractivity contribution in [3.05, 3.63) is 0 Å². The molecular formula is C76H148O17P2. The SMILES string of the molecule is CCCCCCCCCCCCCCCCCCCCC(=O)O[C@H](COC(=O)CCCCCCCCCCCCCCCCCC)COP(=O)(O)OC[C@@H](O)COP(=O)(O)OC[C@@H](COC(=O)CCCCCCCCCC)OC(=O)CCCCCCCCCCCCC(C)C. The van der Waals surface area contributed by atoms with Gasteiger partial charge in [0.15, 0.2) is 12.2 Å². The molecule has 2 unspecified atom stereocenters. The van der Waals surface area contributed by atoms with E-state index in [9.17, 15) is 43.2 Å². The number of unbranched alkanes of at least 4 members (excludes halogenated alkanes) is 48. The summed E-state index contributed by atoms with van der Waals surface area (Å²) in [6.07, 6.45) is 58.3. The third kappa shape index (κ3) is 70.3. The van der Waals surface area contributed by atoms with E-state index in [4.69, 9.17) is 37.0 Å². The summed E-state index contributed by atoms with van der Waals surface area (Å²) in [4.78, 5) is 72.7. The predicted molar refractivity (Wildman–Crippen MR) is 386 cm³/mol. The molecule has 0 radical (unpaired) electrons. The van der Waals surface area contributed by atoms with E-state index in [1.54, 1.807) is 0 Å². The molecule has 0 aliphatic rings. The minimum atomic E-state index is -4.96. The van der Waals surface area contributed by atoms with Gasteiger partial charge in [-0.3, -0.25) is 37.3 Å². The summed E-state index contributed by atoms with van der Waals surface area (Å²) in [7, 11) is -9.91. The standard InChI is InChI=1S/C76H148O17P2/c1-6-9-12-15-18-21-23-25-27-29-30-32-34-36-41-46-51-56-61-75(80)93-72(66-87-74(79)60-55-50-45-40-35-33-31-28-26-24-22-19-16-13-10-7-2)68-91-95(84,85)89-64-70(77)63-88-94(82,83)90-67-71(65-86-73(78)59-54-49-44-20-17-14-11-8-3)92-76(81)62-57-52-47-42-38-37-39-43-48-53-58-69(4)5/h69-72,77H,6-68H2,1-5H3,(H,82,83)(H,84,85)/t70-,71+,72+/m0/s1. The Morgan fingerprint density at radius 1 is 0.284 bits per heavy atom. The fourth-order valence-electron chi connectivity index (χ4n) is 11.7. The molecule has 17 nitrogen and oxygen atoms in total. The van der Waals surface area contributed by atoms with Gasteiger partial charge in [0.2, 0.25) is 0 Å². The number of carbonyl (C=O) groups is 4. The molecule has 19 heteroatoms. The highest BCUT2D eigenvalue weighted by Gasteiger charge is 2.30. The quantitative estimate of drug-likeness (QED) is 0.0222. The van der Waals surface area contributed by atoms with Gasteiger partial charge in [-0.1, -0.05) is 349 Å². The number of carbonyl (C=O) groups excluding carboxylic acids is 4. The lowest BCUT2D eigenvalue weighted by atomic mass is 10.0. The second kappa shape index (κ2) is 69.2. The van der Waals surface area contributed by atoms with Gasteiger partial charge in [0.05, 0.1) is 26.4 Å². The van der Waals surface area contributed by atoms with Crippen LogP contribution in [0.2, 0.25) is 0 Å². The molecule has 0 bridgehead atoms. The van der Waals surface area contributed by atoms with E-state index in [-0.39, 0.29) is 25.7 Å². The molecule has 0 spiro atoms. The molecule has 0 aliphatic carbocycles. The second-order valence-corrected chi connectivity index (χ2v) is 30.8. The number of ether oxygens (including phenoxy) is 4. The average molecular weight is 1400 g/mol. The zero-order chi connectivity index (χ0) is 69.8. The molecule has 0 saturated heterocycles. The number of phosphoric ester groups is 2. The van der Waals surface area contributed by atoms with Crippen molar-refractivity contribution < 1.29 is 80.2 Å². The van der Waals surface area contributed by atoms with E-state index in [1.807, 2.05) is 0 Å². The lowest BCUT2D eigenvalue weighted by Crippen LogP contribution is -2.30. The predicted octanol–water partition coefficient (Wildman–Crippen LogP) is 22.5. The van der Waals surface area contributed by atoms with Crippen molar-refractivity contribution in [1.29, 1.82) is 0 Å². The molecule has 0 aliphatic heterocycles. The lowest BCUT2D eigenvalue weighted by Gasteiger charge is -2.21. The Labute approximate surface area is 581 Å². The van der Waals surface area contributed by atoms with Gasteiger partial charge in [-0.25, -0.2) is 9.13 Å². The number of phosphoric acid groups is 2. The first kappa shape index (κ1) is 93.1. The molecule has 564 valence electrons. The third-order valence-electron chi connectivity index (χ3n) is 17.8. The molecule has 95 heavy (non-hydrogen) atoms. The number of hydrogen-bond acceptors (Lipinski definition) is 15. The normalized spacial score (nSPS) is 13.9. The van der Waals surface area contributed by atoms with Crippen molar-refractivity contribution in [2.24, 2.45) is 5.92 Å². The van der Waals surface area contributed by atoms with Crippen molar-refractivity contribution in [3.63, 3.8) is 0 Å². The van der Waals surface area contributed by atoms with Gasteiger partial charge in [0, 0.05) is 25.7 Å². The summed E-state index contributed by atoms with van der Waals surface area (Å²) in [6.45, 7) is 7.26. The van der Waals surface area contributed by atoms with Crippen molar-refractivity contribution in [1.82, 2.24) is 0 Å². The van der Waals surface area contributed by atoms with Crippen molar-refractivity contribution in [3.8, 4) is 0 Å². The smallest absolute Gasteiger partial charge is 0.462 e. The van der Waals surface area contributed by atoms with E-state index in [2.05, 4.69) is 34.6 Å². The Bertz CT molecular complexity index is 1820.